The third-order valence-corrected chi connectivity index (χ3v) is 4.20. The number of H-pyrrole nitrogens is 1. The number of benzene rings is 1. The van der Waals surface area contributed by atoms with Crippen LogP contribution in [0.4, 0.5) is 0 Å². The zero-order chi connectivity index (χ0) is 16.4. The summed E-state index contributed by atoms with van der Waals surface area (Å²) >= 11 is 0. The van der Waals surface area contributed by atoms with Crippen LogP contribution in [0.15, 0.2) is 29.1 Å². The second-order valence-corrected chi connectivity index (χ2v) is 6.30. The lowest BCUT2D eigenvalue weighted by Crippen LogP contribution is -2.35. The third kappa shape index (κ3) is 3.33. The molecule has 3 rings (SSSR count). The van der Waals surface area contributed by atoms with Gasteiger partial charge in [0.15, 0.2) is 0 Å². The first-order valence-corrected chi connectivity index (χ1v) is 7.90. The Morgan fingerprint density at radius 3 is 2.74 bits per heavy atom. The van der Waals surface area contributed by atoms with E-state index in [1.807, 2.05) is 38.1 Å². The van der Waals surface area contributed by atoms with Gasteiger partial charge in [0.2, 0.25) is 0 Å². The maximum absolute atomic E-state index is 12.3. The number of fused-ring (bicyclic) bond motifs is 1. The van der Waals surface area contributed by atoms with Gasteiger partial charge >= 0.3 is 0 Å². The predicted molar refractivity (Wildman–Crippen MR) is 87.9 cm³/mol. The van der Waals surface area contributed by atoms with Gasteiger partial charge in [0.1, 0.15) is 5.82 Å². The summed E-state index contributed by atoms with van der Waals surface area (Å²) in [4.78, 5) is 22.1. The normalized spacial score (nSPS) is 14.5. The molecule has 118 valence electrons. The smallest absolute Gasteiger partial charge is 0.255 e. The molecule has 0 atom stereocenters. The van der Waals surface area contributed by atoms with E-state index in [1.54, 1.807) is 0 Å². The Balaban J connectivity index is 1.77. The molecule has 0 radical (unpaired) electrons. The van der Waals surface area contributed by atoms with E-state index < -0.39 is 0 Å². The highest BCUT2D eigenvalue weighted by atomic mass is 16.1. The lowest BCUT2D eigenvalue weighted by atomic mass is 10.0. The molecule has 23 heavy (non-hydrogen) atoms. The Morgan fingerprint density at radius 1 is 1.35 bits per heavy atom. The van der Waals surface area contributed by atoms with Gasteiger partial charge in [0.05, 0.1) is 22.9 Å². The summed E-state index contributed by atoms with van der Waals surface area (Å²) in [6, 6.07) is 9.73. The number of rotatable bonds is 3. The fourth-order valence-corrected chi connectivity index (χ4v) is 2.85. The van der Waals surface area contributed by atoms with Crippen molar-refractivity contribution in [3.05, 3.63) is 62.8 Å². The van der Waals surface area contributed by atoms with Crippen LogP contribution in [0, 0.1) is 11.3 Å². The van der Waals surface area contributed by atoms with Crippen molar-refractivity contribution in [1.82, 2.24) is 14.9 Å². The molecule has 0 aliphatic carbocycles. The SMILES string of the molecule is CC(C)c1nc2c(c(=O)[nH]1)CN(Cc1ccc(C#N)cc1)CC2. The van der Waals surface area contributed by atoms with Crippen molar-refractivity contribution in [3.8, 4) is 6.07 Å². The van der Waals surface area contributed by atoms with E-state index in [-0.39, 0.29) is 11.5 Å². The second kappa shape index (κ2) is 6.35. The highest BCUT2D eigenvalue weighted by Gasteiger charge is 2.21. The van der Waals surface area contributed by atoms with Crippen LogP contribution in [0.5, 0.6) is 0 Å². The van der Waals surface area contributed by atoms with Gasteiger partial charge in [-0.15, -0.1) is 0 Å². The largest absolute Gasteiger partial charge is 0.310 e. The van der Waals surface area contributed by atoms with E-state index in [0.29, 0.717) is 12.1 Å². The average Bonchev–Trinajstić information content (AvgIpc) is 2.56. The number of nitriles is 1. The van der Waals surface area contributed by atoms with Gasteiger partial charge in [-0.25, -0.2) is 4.98 Å². The molecule has 1 aliphatic rings. The zero-order valence-corrected chi connectivity index (χ0v) is 13.5. The molecule has 1 aromatic heterocycles. The Hall–Kier alpha value is -2.45. The summed E-state index contributed by atoms with van der Waals surface area (Å²) in [5.41, 5.74) is 3.53. The minimum absolute atomic E-state index is 0.0109. The van der Waals surface area contributed by atoms with Crippen molar-refractivity contribution in [1.29, 1.82) is 5.26 Å². The molecule has 0 saturated carbocycles. The van der Waals surface area contributed by atoms with Gasteiger partial charge in [-0.05, 0) is 17.7 Å². The van der Waals surface area contributed by atoms with Crippen LogP contribution >= 0.6 is 0 Å². The molecule has 1 aliphatic heterocycles. The van der Waals surface area contributed by atoms with Crippen LogP contribution in [0.3, 0.4) is 0 Å². The highest BCUT2D eigenvalue weighted by Crippen LogP contribution is 2.18. The summed E-state index contributed by atoms with van der Waals surface area (Å²) in [5, 5.41) is 8.85. The van der Waals surface area contributed by atoms with Crippen molar-refractivity contribution in [2.24, 2.45) is 0 Å². The van der Waals surface area contributed by atoms with Crippen LogP contribution < -0.4 is 5.56 Å². The molecule has 2 heterocycles. The fourth-order valence-electron chi connectivity index (χ4n) is 2.85. The minimum Gasteiger partial charge on any atom is -0.310 e. The maximum Gasteiger partial charge on any atom is 0.255 e. The summed E-state index contributed by atoms with van der Waals surface area (Å²) in [5.74, 6) is 0.999. The van der Waals surface area contributed by atoms with E-state index in [2.05, 4.69) is 20.9 Å². The van der Waals surface area contributed by atoms with Crippen LogP contribution in [0.1, 0.15) is 48.0 Å². The minimum atomic E-state index is -0.0109. The van der Waals surface area contributed by atoms with Crippen LogP contribution in [-0.2, 0) is 19.5 Å². The first-order valence-electron chi connectivity index (χ1n) is 7.90. The lowest BCUT2D eigenvalue weighted by Gasteiger charge is -2.28. The van der Waals surface area contributed by atoms with Gasteiger partial charge in [-0.2, -0.15) is 5.26 Å². The molecule has 1 aromatic carbocycles. The van der Waals surface area contributed by atoms with E-state index >= 15 is 0 Å². The second-order valence-electron chi connectivity index (χ2n) is 6.30. The van der Waals surface area contributed by atoms with Crippen molar-refractivity contribution >= 4 is 0 Å². The van der Waals surface area contributed by atoms with Crippen LogP contribution in [-0.4, -0.2) is 21.4 Å². The van der Waals surface area contributed by atoms with E-state index in [1.165, 1.54) is 0 Å². The topological polar surface area (TPSA) is 72.8 Å². The molecular weight excluding hydrogens is 288 g/mol. The van der Waals surface area contributed by atoms with Gasteiger partial charge in [-0.3, -0.25) is 9.69 Å². The van der Waals surface area contributed by atoms with E-state index in [4.69, 9.17) is 5.26 Å². The number of nitrogens with zero attached hydrogens (tertiary/aromatic N) is 3. The number of hydrogen-bond acceptors (Lipinski definition) is 4. The molecule has 0 unspecified atom stereocenters. The Kier molecular flexibility index (Phi) is 4.26. The number of nitrogens with one attached hydrogen (secondary N) is 1. The monoisotopic (exact) mass is 308 g/mol. The van der Waals surface area contributed by atoms with Gasteiger partial charge in [-0.1, -0.05) is 26.0 Å². The molecule has 5 nitrogen and oxygen atoms in total. The lowest BCUT2D eigenvalue weighted by molar-refractivity contribution is 0.241. The summed E-state index contributed by atoms with van der Waals surface area (Å²) in [6.45, 7) is 6.35. The highest BCUT2D eigenvalue weighted by molar-refractivity contribution is 5.31. The summed E-state index contributed by atoms with van der Waals surface area (Å²) < 4.78 is 0. The Morgan fingerprint density at radius 2 is 2.09 bits per heavy atom. The van der Waals surface area contributed by atoms with Crippen molar-refractivity contribution in [2.45, 2.75) is 39.3 Å². The average molecular weight is 308 g/mol. The Labute approximate surface area is 135 Å². The molecule has 0 fully saturated rings. The number of hydrogen-bond donors (Lipinski definition) is 1. The first kappa shape index (κ1) is 15.4. The maximum atomic E-state index is 12.3. The first-order chi connectivity index (χ1) is 11.1. The third-order valence-electron chi connectivity index (χ3n) is 4.20. The van der Waals surface area contributed by atoms with E-state index in [9.17, 15) is 4.79 Å². The van der Waals surface area contributed by atoms with Crippen LogP contribution in [0.25, 0.3) is 0 Å². The standard InChI is InChI=1S/C18H20N4O/c1-12(2)17-20-16-7-8-22(11-15(16)18(23)21-17)10-14-5-3-13(9-19)4-6-14/h3-6,12H,7-8,10-11H2,1-2H3,(H,20,21,23). The fraction of sp³-hybridized carbons (Fsp3) is 0.389. The molecule has 2 aromatic rings. The quantitative estimate of drug-likeness (QED) is 0.944. The zero-order valence-electron chi connectivity index (χ0n) is 13.5. The molecule has 0 saturated heterocycles. The summed E-state index contributed by atoms with van der Waals surface area (Å²) in [7, 11) is 0. The van der Waals surface area contributed by atoms with Gasteiger partial charge in [0.25, 0.3) is 5.56 Å². The molecule has 0 spiro atoms. The van der Waals surface area contributed by atoms with Crippen molar-refractivity contribution in [2.75, 3.05) is 6.54 Å². The van der Waals surface area contributed by atoms with Crippen molar-refractivity contribution in [3.63, 3.8) is 0 Å². The molecular formula is C18H20N4O. The van der Waals surface area contributed by atoms with Crippen LogP contribution in [0.2, 0.25) is 0 Å². The van der Waals surface area contributed by atoms with Gasteiger partial charge < -0.3 is 4.98 Å². The summed E-state index contributed by atoms with van der Waals surface area (Å²) in [6.07, 6.45) is 0.801. The van der Waals surface area contributed by atoms with E-state index in [0.717, 1.165) is 42.2 Å². The molecule has 1 N–H and O–H groups in total. The predicted octanol–water partition coefficient (Wildman–Crippen LogP) is 2.32. The number of aromatic nitrogens is 2. The Bertz CT molecular complexity index is 799. The molecule has 0 bridgehead atoms. The van der Waals surface area contributed by atoms with Gasteiger partial charge in [0, 0.05) is 32.0 Å². The molecule has 5 heteroatoms. The molecule has 0 amide bonds. The number of aromatic amines is 1. The van der Waals surface area contributed by atoms with Crippen molar-refractivity contribution < 1.29 is 0 Å².